The standard InChI is InChI=1S/C15H22O2/c1-9(2)14(15(16)17)8-13-7-11(4)10(3)6-12(13)5/h6-7,9,14H,8H2,1-5H3,(H,16,17). The summed E-state index contributed by atoms with van der Waals surface area (Å²) < 4.78 is 0. The van der Waals surface area contributed by atoms with Gasteiger partial charge in [0.05, 0.1) is 5.92 Å². The lowest BCUT2D eigenvalue weighted by atomic mass is 9.86. The van der Waals surface area contributed by atoms with E-state index in [-0.39, 0.29) is 11.8 Å². The summed E-state index contributed by atoms with van der Waals surface area (Å²) in [6.07, 6.45) is 0.625. The van der Waals surface area contributed by atoms with Crippen molar-refractivity contribution in [2.75, 3.05) is 0 Å². The number of carboxylic acids is 1. The molecule has 0 aliphatic heterocycles. The van der Waals surface area contributed by atoms with Gasteiger partial charge in [-0.15, -0.1) is 0 Å². The molecule has 1 aromatic carbocycles. The average molecular weight is 234 g/mol. The summed E-state index contributed by atoms with van der Waals surface area (Å²) in [7, 11) is 0. The normalized spacial score (nSPS) is 12.8. The highest BCUT2D eigenvalue weighted by molar-refractivity contribution is 5.70. The fourth-order valence-corrected chi connectivity index (χ4v) is 2.09. The lowest BCUT2D eigenvalue weighted by Gasteiger charge is -2.18. The first-order chi connectivity index (χ1) is 7.82. The second-order valence-corrected chi connectivity index (χ2v) is 5.26. The van der Waals surface area contributed by atoms with Crippen LogP contribution in [0.4, 0.5) is 0 Å². The third-order valence-electron chi connectivity index (χ3n) is 3.51. The molecule has 1 atom stereocenters. The van der Waals surface area contributed by atoms with Crippen molar-refractivity contribution in [2.45, 2.75) is 41.0 Å². The van der Waals surface area contributed by atoms with E-state index in [1.165, 1.54) is 16.7 Å². The van der Waals surface area contributed by atoms with Gasteiger partial charge >= 0.3 is 5.97 Å². The van der Waals surface area contributed by atoms with Gasteiger partial charge in [-0.3, -0.25) is 4.79 Å². The van der Waals surface area contributed by atoms with E-state index in [9.17, 15) is 9.90 Å². The van der Waals surface area contributed by atoms with Crippen molar-refractivity contribution in [1.29, 1.82) is 0 Å². The highest BCUT2D eigenvalue weighted by atomic mass is 16.4. The Labute approximate surface area is 104 Å². The molecular formula is C15H22O2. The highest BCUT2D eigenvalue weighted by Gasteiger charge is 2.22. The van der Waals surface area contributed by atoms with Gasteiger partial charge in [-0.05, 0) is 55.4 Å². The molecule has 0 saturated carbocycles. The van der Waals surface area contributed by atoms with Crippen LogP contribution in [0.1, 0.15) is 36.1 Å². The molecule has 0 amide bonds. The van der Waals surface area contributed by atoms with Crippen molar-refractivity contribution in [3.05, 3.63) is 34.4 Å². The van der Waals surface area contributed by atoms with Crippen LogP contribution in [0.2, 0.25) is 0 Å². The summed E-state index contributed by atoms with van der Waals surface area (Å²) in [5.41, 5.74) is 4.86. The average Bonchev–Trinajstić information content (AvgIpc) is 2.20. The van der Waals surface area contributed by atoms with Gasteiger partial charge in [-0.1, -0.05) is 26.0 Å². The molecule has 17 heavy (non-hydrogen) atoms. The van der Waals surface area contributed by atoms with Gasteiger partial charge in [-0.2, -0.15) is 0 Å². The Morgan fingerprint density at radius 3 is 2.12 bits per heavy atom. The fourth-order valence-electron chi connectivity index (χ4n) is 2.09. The summed E-state index contributed by atoms with van der Waals surface area (Å²) in [4.78, 5) is 11.2. The van der Waals surface area contributed by atoms with E-state index >= 15 is 0 Å². The monoisotopic (exact) mass is 234 g/mol. The Bertz CT molecular complexity index is 419. The van der Waals surface area contributed by atoms with E-state index in [0.717, 1.165) is 5.56 Å². The maximum absolute atomic E-state index is 11.2. The molecule has 0 aromatic heterocycles. The Morgan fingerprint density at radius 2 is 1.65 bits per heavy atom. The fraction of sp³-hybridized carbons (Fsp3) is 0.533. The molecule has 0 bridgehead atoms. The molecule has 1 N–H and O–H groups in total. The first-order valence-electron chi connectivity index (χ1n) is 6.12. The number of benzene rings is 1. The molecule has 0 heterocycles. The van der Waals surface area contributed by atoms with E-state index in [1.54, 1.807) is 0 Å². The first kappa shape index (κ1) is 13.8. The minimum absolute atomic E-state index is 0.161. The Morgan fingerprint density at radius 1 is 1.12 bits per heavy atom. The van der Waals surface area contributed by atoms with Crippen LogP contribution in [0.3, 0.4) is 0 Å². The van der Waals surface area contributed by atoms with E-state index < -0.39 is 5.97 Å². The van der Waals surface area contributed by atoms with Gasteiger partial charge < -0.3 is 5.11 Å². The molecular weight excluding hydrogens is 212 g/mol. The number of hydrogen-bond donors (Lipinski definition) is 1. The van der Waals surface area contributed by atoms with E-state index in [2.05, 4.69) is 32.9 Å². The molecule has 94 valence electrons. The summed E-state index contributed by atoms with van der Waals surface area (Å²) in [5, 5.41) is 9.22. The van der Waals surface area contributed by atoms with Crippen LogP contribution < -0.4 is 0 Å². The van der Waals surface area contributed by atoms with Crippen LogP contribution in [0.5, 0.6) is 0 Å². The number of aliphatic carboxylic acids is 1. The zero-order valence-corrected chi connectivity index (χ0v) is 11.4. The Hall–Kier alpha value is -1.31. The largest absolute Gasteiger partial charge is 0.481 e. The van der Waals surface area contributed by atoms with Gasteiger partial charge in [0.25, 0.3) is 0 Å². The zero-order chi connectivity index (χ0) is 13.2. The van der Waals surface area contributed by atoms with Crippen LogP contribution >= 0.6 is 0 Å². The van der Waals surface area contributed by atoms with Gasteiger partial charge in [-0.25, -0.2) is 0 Å². The van der Waals surface area contributed by atoms with E-state index in [1.807, 2.05) is 13.8 Å². The number of rotatable bonds is 4. The smallest absolute Gasteiger partial charge is 0.307 e. The lowest BCUT2D eigenvalue weighted by molar-refractivity contribution is -0.143. The first-order valence-corrected chi connectivity index (χ1v) is 6.12. The quantitative estimate of drug-likeness (QED) is 0.865. The highest BCUT2D eigenvalue weighted by Crippen LogP contribution is 2.22. The number of aryl methyl sites for hydroxylation is 3. The molecule has 0 aliphatic carbocycles. The summed E-state index contributed by atoms with van der Waals surface area (Å²) in [6, 6.07) is 4.27. The molecule has 1 aromatic rings. The van der Waals surface area contributed by atoms with E-state index in [4.69, 9.17) is 0 Å². The van der Waals surface area contributed by atoms with Gasteiger partial charge in [0.15, 0.2) is 0 Å². The predicted octanol–water partition coefficient (Wildman–Crippen LogP) is 3.51. The molecule has 1 unspecified atom stereocenters. The van der Waals surface area contributed by atoms with Gasteiger partial charge in [0, 0.05) is 0 Å². The number of carbonyl (C=O) groups is 1. The van der Waals surface area contributed by atoms with Crippen molar-refractivity contribution in [3.63, 3.8) is 0 Å². The molecule has 1 rings (SSSR count). The second-order valence-electron chi connectivity index (χ2n) is 5.26. The van der Waals surface area contributed by atoms with Crippen LogP contribution in [-0.2, 0) is 11.2 Å². The minimum Gasteiger partial charge on any atom is -0.481 e. The molecule has 0 saturated heterocycles. The second kappa shape index (κ2) is 5.35. The van der Waals surface area contributed by atoms with Crippen molar-refractivity contribution < 1.29 is 9.90 Å². The molecule has 0 spiro atoms. The SMILES string of the molecule is Cc1cc(C)c(CC(C(=O)O)C(C)C)cc1C. The van der Waals surface area contributed by atoms with Crippen molar-refractivity contribution in [2.24, 2.45) is 11.8 Å². The van der Waals surface area contributed by atoms with Crippen LogP contribution in [0.25, 0.3) is 0 Å². The zero-order valence-electron chi connectivity index (χ0n) is 11.4. The molecule has 0 radical (unpaired) electrons. The Kier molecular flexibility index (Phi) is 4.33. The van der Waals surface area contributed by atoms with Crippen LogP contribution in [0.15, 0.2) is 12.1 Å². The van der Waals surface area contributed by atoms with Crippen molar-refractivity contribution in [1.82, 2.24) is 0 Å². The predicted molar refractivity (Wildman–Crippen MR) is 70.3 cm³/mol. The molecule has 2 nitrogen and oxygen atoms in total. The van der Waals surface area contributed by atoms with E-state index in [0.29, 0.717) is 6.42 Å². The number of hydrogen-bond acceptors (Lipinski definition) is 1. The third kappa shape index (κ3) is 3.32. The summed E-state index contributed by atoms with van der Waals surface area (Å²) in [5.74, 6) is -0.832. The maximum Gasteiger partial charge on any atom is 0.307 e. The van der Waals surface area contributed by atoms with Crippen molar-refractivity contribution >= 4 is 5.97 Å². The van der Waals surface area contributed by atoms with Crippen LogP contribution in [-0.4, -0.2) is 11.1 Å². The summed E-state index contributed by atoms with van der Waals surface area (Å²) in [6.45, 7) is 10.2. The van der Waals surface area contributed by atoms with Crippen LogP contribution in [0, 0.1) is 32.6 Å². The molecule has 2 heteroatoms. The van der Waals surface area contributed by atoms with Gasteiger partial charge in [0.2, 0.25) is 0 Å². The molecule has 0 fully saturated rings. The minimum atomic E-state index is -0.697. The summed E-state index contributed by atoms with van der Waals surface area (Å²) >= 11 is 0. The number of carboxylic acid groups (broad SMARTS) is 1. The maximum atomic E-state index is 11.2. The van der Waals surface area contributed by atoms with Gasteiger partial charge in [0.1, 0.15) is 0 Å². The molecule has 0 aliphatic rings. The topological polar surface area (TPSA) is 37.3 Å². The Balaban J connectivity index is 3.01. The van der Waals surface area contributed by atoms with Crippen molar-refractivity contribution in [3.8, 4) is 0 Å². The lowest BCUT2D eigenvalue weighted by Crippen LogP contribution is -2.22. The third-order valence-corrected chi connectivity index (χ3v) is 3.51.